The van der Waals surface area contributed by atoms with E-state index in [-0.39, 0.29) is 0 Å². The van der Waals surface area contributed by atoms with Crippen LogP contribution >= 0.6 is 12.2 Å². The first-order chi connectivity index (χ1) is 5.33. The summed E-state index contributed by atoms with van der Waals surface area (Å²) in [6, 6.07) is 1.12. The zero-order valence-corrected chi connectivity index (χ0v) is 7.02. The van der Waals surface area contributed by atoms with Crippen LogP contribution in [0.4, 0.5) is 0 Å². The molecule has 1 aromatic heterocycles. The SMILES string of the molecule is COc1n[nH]c(=S)n1C1CC1. The average Bonchev–Trinajstić information content (AvgIpc) is 2.76. The number of hydrogen-bond donors (Lipinski definition) is 1. The number of H-pyrrole nitrogens is 1. The van der Waals surface area contributed by atoms with E-state index in [1.807, 2.05) is 4.57 Å². The van der Waals surface area contributed by atoms with Crippen molar-refractivity contribution in [2.24, 2.45) is 0 Å². The zero-order valence-electron chi connectivity index (χ0n) is 6.20. The lowest BCUT2D eigenvalue weighted by Crippen LogP contribution is -1.97. The van der Waals surface area contributed by atoms with Crippen molar-refractivity contribution in [3.8, 4) is 6.01 Å². The molecule has 2 rings (SSSR count). The lowest BCUT2D eigenvalue weighted by molar-refractivity contribution is 0.355. The van der Waals surface area contributed by atoms with Crippen LogP contribution in [0.15, 0.2) is 0 Å². The van der Waals surface area contributed by atoms with Crippen molar-refractivity contribution in [2.45, 2.75) is 18.9 Å². The fourth-order valence-electron chi connectivity index (χ4n) is 1.09. The summed E-state index contributed by atoms with van der Waals surface area (Å²) in [6.45, 7) is 0. The first-order valence-corrected chi connectivity index (χ1v) is 3.94. The Labute approximate surface area is 69.2 Å². The van der Waals surface area contributed by atoms with Gasteiger partial charge in [0.1, 0.15) is 0 Å². The second-order valence-corrected chi connectivity index (χ2v) is 3.00. The lowest BCUT2D eigenvalue weighted by Gasteiger charge is -2.00. The fourth-order valence-corrected chi connectivity index (χ4v) is 1.36. The quantitative estimate of drug-likeness (QED) is 0.682. The van der Waals surface area contributed by atoms with Gasteiger partial charge in [0.15, 0.2) is 4.77 Å². The third-order valence-electron chi connectivity index (χ3n) is 1.77. The molecule has 1 aliphatic rings. The predicted octanol–water partition coefficient (Wildman–Crippen LogP) is 1.28. The Balaban J connectivity index is 2.46. The minimum absolute atomic E-state index is 0.524. The van der Waals surface area contributed by atoms with Gasteiger partial charge < -0.3 is 4.74 Å². The predicted molar refractivity (Wildman–Crippen MR) is 42.2 cm³/mol. The topological polar surface area (TPSA) is 42.8 Å². The van der Waals surface area contributed by atoms with E-state index in [4.69, 9.17) is 17.0 Å². The highest BCUT2D eigenvalue weighted by Crippen LogP contribution is 2.37. The van der Waals surface area contributed by atoms with Crippen molar-refractivity contribution in [1.82, 2.24) is 14.8 Å². The Morgan fingerprint density at radius 3 is 3.00 bits per heavy atom. The maximum absolute atomic E-state index is 5.02. The van der Waals surface area contributed by atoms with Gasteiger partial charge in [-0.15, -0.1) is 5.10 Å². The number of rotatable bonds is 2. The molecule has 0 unspecified atom stereocenters. The minimum Gasteiger partial charge on any atom is -0.467 e. The summed E-state index contributed by atoms with van der Waals surface area (Å²) < 4.78 is 7.60. The smallest absolute Gasteiger partial charge is 0.315 e. The zero-order chi connectivity index (χ0) is 7.84. The van der Waals surface area contributed by atoms with Crippen LogP contribution in [-0.2, 0) is 0 Å². The first-order valence-electron chi connectivity index (χ1n) is 3.54. The summed E-state index contributed by atoms with van der Waals surface area (Å²) in [5.74, 6) is 0. The van der Waals surface area contributed by atoms with Crippen molar-refractivity contribution in [1.29, 1.82) is 0 Å². The molecule has 60 valence electrons. The Morgan fingerprint density at radius 2 is 2.45 bits per heavy atom. The van der Waals surface area contributed by atoms with Gasteiger partial charge in [-0.25, -0.2) is 5.10 Å². The molecule has 11 heavy (non-hydrogen) atoms. The molecule has 0 amide bonds. The number of aromatic nitrogens is 3. The molecule has 0 atom stereocenters. The van der Waals surface area contributed by atoms with Gasteiger partial charge in [-0.1, -0.05) is 0 Å². The van der Waals surface area contributed by atoms with Crippen LogP contribution in [0.3, 0.4) is 0 Å². The van der Waals surface area contributed by atoms with Crippen LogP contribution in [-0.4, -0.2) is 21.9 Å². The molecular weight excluding hydrogens is 162 g/mol. The molecule has 0 saturated heterocycles. The monoisotopic (exact) mass is 171 g/mol. The first kappa shape index (κ1) is 6.84. The Kier molecular flexibility index (Phi) is 1.45. The van der Waals surface area contributed by atoms with E-state index >= 15 is 0 Å². The standard InChI is InChI=1S/C6H9N3OS/c1-10-5-7-8-6(11)9(5)4-2-3-4/h4H,2-3H2,1H3,(H,8,11). The molecule has 0 bridgehead atoms. The average molecular weight is 171 g/mol. The summed E-state index contributed by atoms with van der Waals surface area (Å²) in [5.41, 5.74) is 0. The highest BCUT2D eigenvalue weighted by Gasteiger charge is 2.27. The largest absolute Gasteiger partial charge is 0.467 e. The maximum atomic E-state index is 5.02. The van der Waals surface area contributed by atoms with Crippen LogP contribution < -0.4 is 4.74 Å². The van der Waals surface area contributed by atoms with Crippen LogP contribution in [0.2, 0.25) is 0 Å². The molecule has 4 nitrogen and oxygen atoms in total. The minimum atomic E-state index is 0.524. The molecule has 0 aliphatic heterocycles. The third kappa shape index (κ3) is 1.05. The lowest BCUT2D eigenvalue weighted by atomic mass is 10.7. The fraction of sp³-hybridized carbons (Fsp3) is 0.667. The van der Waals surface area contributed by atoms with Gasteiger partial charge >= 0.3 is 6.01 Å². The molecule has 0 radical (unpaired) electrons. The Hall–Kier alpha value is -0.840. The molecule has 0 aromatic carbocycles. The summed E-state index contributed by atoms with van der Waals surface area (Å²) in [6.07, 6.45) is 2.37. The van der Waals surface area contributed by atoms with E-state index in [2.05, 4.69) is 10.2 Å². The van der Waals surface area contributed by atoms with Crippen LogP contribution in [0.25, 0.3) is 0 Å². The molecule has 1 saturated carbocycles. The number of nitrogens with zero attached hydrogens (tertiary/aromatic N) is 2. The molecular formula is C6H9N3OS. The van der Waals surface area contributed by atoms with E-state index in [9.17, 15) is 0 Å². The van der Waals surface area contributed by atoms with Gasteiger partial charge in [0, 0.05) is 6.04 Å². The number of ether oxygens (including phenoxy) is 1. The number of nitrogens with one attached hydrogen (secondary N) is 1. The van der Waals surface area contributed by atoms with Gasteiger partial charge in [-0.05, 0) is 25.1 Å². The van der Waals surface area contributed by atoms with Crippen molar-refractivity contribution in [2.75, 3.05) is 7.11 Å². The van der Waals surface area contributed by atoms with Crippen molar-refractivity contribution in [3.63, 3.8) is 0 Å². The molecule has 5 heteroatoms. The molecule has 1 N–H and O–H groups in total. The molecule has 1 heterocycles. The van der Waals surface area contributed by atoms with Crippen molar-refractivity contribution >= 4 is 12.2 Å². The normalized spacial score (nSPS) is 16.8. The van der Waals surface area contributed by atoms with Crippen LogP contribution in [0.1, 0.15) is 18.9 Å². The van der Waals surface area contributed by atoms with E-state index in [0.29, 0.717) is 16.8 Å². The van der Waals surface area contributed by atoms with E-state index in [1.54, 1.807) is 7.11 Å². The van der Waals surface area contributed by atoms with Crippen molar-refractivity contribution < 1.29 is 4.74 Å². The Morgan fingerprint density at radius 1 is 1.73 bits per heavy atom. The summed E-state index contributed by atoms with van der Waals surface area (Å²) in [5, 5.41) is 6.62. The summed E-state index contributed by atoms with van der Waals surface area (Å²) in [7, 11) is 1.60. The van der Waals surface area contributed by atoms with Gasteiger partial charge in [0.2, 0.25) is 0 Å². The van der Waals surface area contributed by atoms with Crippen LogP contribution in [0.5, 0.6) is 6.01 Å². The molecule has 0 spiro atoms. The molecule has 1 aromatic rings. The summed E-state index contributed by atoms with van der Waals surface area (Å²) >= 11 is 5.02. The van der Waals surface area contributed by atoms with E-state index in [1.165, 1.54) is 12.8 Å². The maximum Gasteiger partial charge on any atom is 0.315 e. The van der Waals surface area contributed by atoms with Gasteiger partial charge in [0.05, 0.1) is 7.11 Å². The van der Waals surface area contributed by atoms with E-state index < -0.39 is 0 Å². The highest BCUT2D eigenvalue weighted by atomic mass is 32.1. The Bertz CT molecular complexity index is 312. The third-order valence-corrected chi connectivity index (χ3v) is 2.05. The van der Waals surface area contributed by atoms with Gasteiger partial charge in [-0.3, -0.25) is 4.57 Å². The van der Waals surface area contributed by atoms with E-state index in [0.717, 1.165) is 0 Å². The highest BCUT2D eigenvalue weighted by molar-refractivity contribution is 7.71. The molecule has 1 fully saturated rings. The van der Waals surface area contributed by atoms with Crippen LogP contribution in [0, 0.1) is 4.77 Å². The number of hydrogen-bond acceptors (Lipinski definition) is 3. The summed E-state index contributed by atoms with van der Waals surface area (Å²) in [4.78, 5) is 0. The second kappa shape index (κ2) is 2.34. The second-order valence-electron chi connectivity index (χ2n) is 2.62. The number of aromatic amines is 1. The van der Waals surface area contributed by atoms with Gasteiger partial charge in [-0.2, -0.15) is 0 Å². The van der Waals surface area contributed by atoms with Gasteiger partial charge in [0.25, 0.3) is 0 Å². The molecule has 1 aliphatic carbocycles. The van der Waals surface area contributed by atoms with Crippen molar-refractivity contribution in [3.05, 3.63) is 4.77 Å². The number of methoxy groups -OCH3 is 1.